The predicted octanol–water partition coefficient (Wildman–Crippen LogP) is -0.974. The number of rotatable bonds is 0. The molecule has 0 bridgehead atoms. The molecule has 1 saturated heterocycles. The van der Waals surface area contributed by atoms with Crippen LogP contribution in [0.1, 0.15) is 6.42 Å². The zero-order valence-corrected chi connectivity index (χ0v) is 3.27. The first-order chi connectivity index (χ1) is 2.89. The Bertz CT molecular complexity index is 63.2. The summed E-state index contributed by atoms with van der Waals surface area (Å²) >= 11 is 0. The van der Waals surface area contributed by atoms with E-state index in [1.165, 1.54) is 0 Å². The van der Waals surface area contributed by atoms with E-state index in [-0.39, 0.29) is 5.91 Å². The first-order valence-corrected chi connectivity index (χ1v) is 1.85. The van der Waals surface area contributed by atoms with Crippen LogP contribution in [0.25, 0.3) is 0 Å². The van der Waals surface area contributed by atoms with Crippen LogP contribution in [0, 0.1) is 0 Å². The van der Waals surface area contributed by atoms with Gasteiger partial charge in [-0.15, -0.1) is 5.43 Å². The highest BCUT2D eigenvalue weighted by Gasteiger charge is 2.06. The highest BCUT2D eigenvalue weighted by atomic mass is 16.2. The molecule has 1 heterocycles. The second-order valence-electron chi connectivity index (χ2n) is 1.17. The van der Waals surface area contributed by atoms with Crippen molar-refractivity contribution < 1.29 is 4.79 Å². The minimum absolute atomic E-state index is 0.0370. The fourth-order valence-electron chi connectivity index (χ4n) is 0.357. The van der Waals surface area contributed by atoms with Crippen LogP contribution in [0.4, 0.5) is 0 Å². The van der Waals surface area contributed by atoms with Crippen LogP contribution in [0.3, 0.4) is 0 Å². The maximum Gasteiger partial charge on any atom is 0.236 e. The Hall–Kier alpha value is -0.570. The summed E-state index contributed by atoms with van der Waals surface area (Å²) in [4.78, 5) is 10.0. The van der Waals surface area contributed by atoms with Gasteiger partial charge >= 0.3 is 0 Å². The minimum atomic E-state index is 0.0370. The third-order valence-corrected chi connectivity index (χ3v) is 0.654. The lowest BCUT2D eigenvalue weighted by molar-refractivity contribution is -0.119. The van der Waals surface area contributed by atoms with Gasteiger partial charge in [0.2, 0.25) is 5.91 Å². The van der Waals surface area contributed by atoms with Gasteiger partial charge in [-0.25, -0.2) is 0 Å². The Morgan fingerprint density at radius 3 is 2.83 bits per heavy atom. The fourth-order valence-corrected chi connectivity index (χ4v) is 0.357. The first kappa shape index (κ1) is 3.61. The topological polar surface area (TPSA) is 43.2 Å². The number of hydrogen-bond donors (Lipinski definition) is 1. The highest BCUT2D eigenvalue weighted by Crippen LogP contribution is 1.81. The molecule has 1 N–H and O–H groups in total. The largest absolute Gasteiger partial charge is 0.274 e. The number of hydrogen-bond acceptors (Lipinski definition) is 1. The average molecular weight is 85.1 g/mol. The summed E-state index contributed by atoms with van der Waals surface area (Å²) in [7, 11) is 0. The Kier molecular flexibility index (Phi) is 0.759. The fraction of sp³-hybridized carbons (Fsp3) is 0.667. The zero-order chi connectivity index (χ0) is 4.41. The summed E-state index contributed by atoms with van der Waals surface area (Å²) in [5.41, 5.74) is 5.87. The van der Waals surface area contributed by atoms with Gasteiger partial charge in [0.1, 0.15) is 0 Å². The zero-order valence-electron chi connectivity index (χ0n) is 3.27. The summed E-state index contributed by atoms with van der Waals surface area (Å²) in [6.07, 6.45) is 0.569. The van der Waals surface area contributed by atoms with Crippen LogP contribution in [0.2, 0.25) is 0 Å². The van der Waals surface area contributed by atoms with Gasteiger partial charge in [0, 0.05) is 13.0 Å². The molecule has 0 aromatic heterocycles. The molecule has 0 aromatic rings. The van der Waals surface area contributed by atoms with Crippen molar-refractivity contribution in [2.24, 2.45) is 0 Å². The van der Waals surface area contributed by atoms with E-state index in [4.69, 9.17) is 0 Å². The molecule has 1 amide bonds. The van der Waals surface area contributed by atoms with Crippen molar-refractivity contribution in [3.63, 3.8) is 0 Å². The lowest BCUT2D eigenvalue weighted by Gasteiger charge is -1.79. The van der Waals surface area contributed by atoms with E-state index >= 15 is 0 Å². The second-order valence-corrected chi connectivity index (χ2v) is 1.17. The van der Waals surface area contributed by atoms with Crippen LogP contribution in [-0.4, -0.2) is 12.5 Å². The van der Waals surface area contributed by atoms with Gasteiger partial charge < -0.3 is 0 Å². The van der Waals surface area contributed by atoms with Gasteiger partial charge in [-0.1, -0.05) is 0 Å². The molecular formula is C3H5N2O. The van der Waals surface area contributed by atoms with E-state index in [1.54, 1.807) is 0 Å². The summed E-state index contributed by atoms with van der Waals surface area (Å²) in [5, 5.41) is 0. The molecule has 1 rings (SSSR count). The van der Waals surface area contributed by atoms with Crippen LogP contribution in [-0.2, 0) is 4.79 Å². The number of carbonyl (C=O) groups is 1. The summed E-state index contributed by atoms with van der Waals surface area (Å²) in [5.74, 6) is 0.0370. The molecule has 0 unspecified atom stereocenters. The van der Waals surface area contributed by atoms with Crippen molar-refractivity contribution in [1.82, 2.24) is 10.9 Å². The van der Waals surface area contributed by atoms with Gasteiger partial charge in [0.05, 0.1) is 0 Å². The van der Waals surface area contributed by atoms with Crippen LogP contribution >= 0.6 is 0 Å². The Morgan fingerprint density at radius 2 is 2.67 bits per heavy atom. The number of nitrogens with one attached hydrogen (secondary N) is 1. The molecular weight excluding hydrogens is 80.0 g/mol. The Labute approximate surface area is 35.7 Å². The van der Waals surface area contributed by atoms with Crippen molar-refractivity contribution in [3.05, 3.63) is 0 Å². The molecule has 1 aliphatic heterocycles. The first-order valence-electron chi connectivity index (χ1n) is 1.85. The lowest BCUT2D eigenvalue weighted by atomic mass is 10.5. The average Bonchev–Trinajstić information content (AvgIpc) is 1.86. The quantitative estimate of drug-likeness (QED) is 0.404. The number of nitrogens with zero attached hydrogens (tertiary/aromatic N) is 1. The smallest absolute Gasteiger partial charge is 0.236 e. The molecule has 0 spiro atoms. The van der Waals surface area contributed by atoms with Crippen molar-refractivity contribution in [2.75, 3.05) is 6.54 Å². The van der Waals surface area contributed by atoms with E-state index in [0.29, 0.717) is 13.0 Å². The predicted molar refractivity (Wildman–Crippen MR) is 19.8 cm³/mol. The normalized spacial score (nSPS) is 21.0. The maximum atomic E-state index is 10.0. The van der Waals surface area contributed by atoms with Gasteiger partial charge in [0.15, 0.2) is 0 Å². The van der Waals surface area contributed by atoms with Gasteiger partial charge in [-0.3, -0.25) is 10.2 Å². The summed E-state index contributed by atoms with van der Waals surface area (Å²) in [6.45, 7) is 0.652. The number of carbonyl (C=O) groups excluding carboxylic acids is 1. The van der Waals surface area contributed by atoms with Gasteiger partial charge in [-0.2, -0.15) is 0 Å². The molecule has 0 aliphatic carbocycles. The third-order valence-electron chi connectivity index (χ3n) is 0.654. The van der Waals surface area contributed by atoms with Crippen molar-refractivity contribution in [3.8, 4) is 0 Å². The van der Waals surface area contributed by atoms with Crippen molar-refractivity contribution in [1.29, 1.82) is 0 Å². The van der Waals surface area contributed by atoms with Gasteiger partial charge in [0.25, 0.3) is 0 Å². The van der Waals surface area contributed by atoms with E-state index in [2.05, 4.69) is 10.9 Å². The van der Waals surface area contributed by atoms with Gasteiger partial charge in [-0.05, 0) is 0 Å². The minimum Gasteiger partial charge on any atom is -0.274 e. The Morgan fingerprint density at radius 1 is 1.83 bits per heavy atom. The molecule has 0 aromatic carbocycles. The molecule has 3 nitrogen and oxygen atoms in total. The molecule has 0 atom stereocenters. The van der Waals surface area contributed by atoms with E-state index in [0.717, 1.165) is 0 Å². The maximum absolute atomic E-state index is 10.0. The van der Waals surface area contributed by atoms with E-state index in [9.17, 15) is 4.79 Å². The van der Waals surface area contributed by atoms with E-state index < -0.39 is 0 Å². The van der Waals surface area contributed by atoms with E-state index in [1.807, 2.05) is 0 Å². The van der Waals surface area contributed by atoms with Crippen LogP contribution < -0.4 is 10.9 Å². The Balaban J connectivity index is 2.37. The molecule has 3 heteroatoms. The summed E-state index contributed by atoms with van der Waals surface area (Å²) in [6, 6.07) is 0. The monoisotopic (exact) mass is 85.0 g/mol. The molecule has 33 valence electrons. The summed E-state index contributed by atoms with van der Waals surface area (Å²) < 4.78 is 0. The van der Waals surface area contributed by atoms with Crippen LogP contribution in [0.15, 0.2) is 0 Å². The highest BCUT2D eigenvalue weighted by molar-refractivity contribution is 5.77. The second kappa shape index (κ2) is 1.26. The number of amides is 1. The molecule has 1 aliphatic rings. The van der Waals surface area contributed by atoms with Crippen molar-refractivity contribution >= 4 is 5.91 Å². The molecule has 0 saturated carbocycles. The lowest BCUT2D eigenvalue weighted by Crippen LogP contribution is -2.18. The third kappa shape index (κ3) is 0.490. The molecule has 6 heavy (non-hydrogen) atoms. The van der Waals surface area contributed by atoms with Crippen LogP contribution in [0.5, 0.6) is 0 Å². The SMILES string of the molecule is O=C1CC[N]N1. The van der Waals surface area contributed by atoms with Crippen molar-refractivity contribution in [2.45, 2.75) is 6.42 Å². The molecule has 1 fully saturated rings. The standard InChI is InChI=1S/C3H5N2O/c6-3-1-2-4-5-3/h1-2H2,(H,5,6). The molecule has 1 radical (unpaired) electrons.